The first-order valence-electron chi connectivity index (χ1n) is 4.63. The minimum atomic E-state index is -0.307. The van der Waals surface area contributed by atoms with Crippen molar-refractivity contribution in [1.29, 1.82) is 0 Å². The van der Waals surface area contributed by atoms with E-state index in [0.717, 1.165) is 11.6 Å². The van der Waals surface area contributed by atoms with Crippen molar-refractivity contribution in [2.75, 3.05) is 7.11 Å². The molecule has 0 atom stereocenters. The summed E-state index contributed by atoms with van der Waals surface area (Å²) in [6, 6.07) is 6.99. The Kier molecular flexibility index (Phi) is 2.59. The van der Waals surface area contributed by atoms with Gasteiger partial charge in [-0.15, -0.1) is 0 Å². The number of fused-ring (bicyclic) bond motifs is 1. The Bertz CT molecular complexity index is 602. The van der Waals surface area contributed by atoms with Crippen molar-refractivity contribution in [3.8, 4) is 5.75 Å². The van der Waals surface area contributed by atoms with Gasteiger partial charge in [0.1, 0.15) is 5.75 Å². The molecule has 0 saturated heterocycles. The SMILES string of the molecule is COc1ccc2cc(/C=N\O)c(=O)[nH]c2c1. The summed E-state index contributed by atoms with van der Waals surface area (Å²) in [5, 5.41) is 12.1. The molecule has 0 aliphatic rings. The van der Waals surface area contributed by atoms with Crippen LogP contribution >= 0.6 is 0 Å². The molecule has 16 heavy (non-hydrogen) atoms. The number of oxime groups is 1. The van der Waals surface area contributed by atoms with Gasteiger partial charge in [0.2, 0.25) is 0 Å². The van der Waals surface area contributed by atoms with Gasteiger partial charge < -0.3 is 14.9 Å². The lowest BCUT2D eigenvalue weighted by Gasteiger charge is -2.02. The van der Waals surface area contributed by atoms with Gasteiger partial charge in [-0.1, -0.05) is 5.16 Å². The lowest BCUT2D eigenvalue weighted by molar-refractivity contribution is 0.322. The first-order chi connectivity index (χ1) is 7.74. The van der Waals surface area contributed by atoms with Gasteiger partial charge in [-0.3, -0.25) is 4.79 Å². The van der Waals surface area contributed by atoms with Crippen molar-refractivity contribution in [1.82, 2.24) is 4.98 Å². The summed E-state index contributed by atoms with van der Waals surface area (Å²) in [7, 11) is 1.56. The number of pyridine rings is 1. The van der Waals surface area contributed by atoms with Gasteiger partial charge in [0, 0.05) is 6.07 Å². The number of benzene rings is 1. The van der Waals surface area contributed by atoms with Gasteiger partial charge >= 0.3 is 0 Å². The van der Waals surface area contributed by atoms with Crippen LogP contribution in [-0.4, -0.2) is 23.5 Å². The molecule has 0 saturated carbocycles. The van der Waals surface area contributed by atoms with Gasteiger partial charge in [0.25, 0.3) is 5.56 Å². The van der Waals surface area contributed by atoms with Gasteiger partial charge in [0.15, 0.2) is 0 Å². The third kappa shape index (κ3) is 1.75. The average molecular weight is 218 g/mol. The Morgan fingerprint density at radius 2 is 2.25 bits per heavy atom. The molecular formula is C11H10N2O3. The second-order valence-electron chi connectivity index (χ2n) is 3.25. The van der Waals surface area contributed by atoms with Crippen molar-refractivity contribution < 1.29 is 9.94 Å². The normalized spacial score (nSPS) is 11.1. The minimum Gasteiger partial charge on any atom is -0.497 e. The average Bonchev–Trinajstić information content (AvgIpc) is 2.30. The van der Waals surface area contributed by atoms with Crippen LogP contribution < -0.4 is 10.3 Å². The Hall–Kier alpha value is -2.30. The fourth-order valence-electron chi connectivity index (χ4n) is 1.48. The number of nitrogens with one attached hydrogen (secondary N) is 1. The Balaban J connectivity index is 2.68. The van der Waals surface area contributed by atoms with Crippen LogP contribution in [0, 0.1) is 0 Å². The van der Waals surface area contributed by atoms with Crippen molar-refractivity contribution in [3.05, 3.63) is 40.2 Å². The number of H-pyrrole nitrogens is 1. The number of ether oxygens (including phenoxy) is 1. The molecule has 0 bridgehead atoms. The van der Waals surface area contributed by atoms with Gasteiger partial charge in [-0.2, -0.15) is 0 Å². The molecule has 82 valence electrons. The monoisotopic (exact) mass is 218 g/mol. The molecule has 5 nitrogen and oxygen atoms in total. The number of nitrogens with zero attached hydrogens (tertiary/aromatic N) is 1. The second kappa shape index (κ2) is 4.06. The largest absolute Gasteiger partial charge is 0.497 e. The highest BCUT2D eigenvalue weighted by molar-refractivity contribution is 5.87. The molecule has 2 N–H and O–H groups in total. The highest BCUT2D eigenvalue weighted by Gasteiger charge is 2.02. The molecule has 0 amide bonds. The minimum absolute atomic E-state index is 0.306. The smallest absolute Gasteiger partial charge is 0.257 e. The molecule has 0 unspecified atom stereocenters. The van der Waals surface area contributed by atoms with Crippen LogP contribution in [0.4, 0.5) is 0 Å². The van der Waals surface area contributed by atoms with Crippen molar-refractivity contribution in [3.63, 3.8) is 0 Å². The first kappa shape index (κ1) is 10.2. The lowest BCUT2D eigenvalue weighted by Crippen LogP contribution is -2.11. The number of aromatic nitrogens is 1. The van der Waals surface area contributed by atoms with E-state index in [1.165, 1.54) is 0 Å². The van der Waals surface area contributed by atoms with Crippen LogP contribution in [0.3, 0.4) is 0 Å². The number of rotatable bonds is 2. The second-order valence-corrected chi connectivity index (χ2v) is 3.25. The summed E-state index contributed by atoms with van der Waals surface area (Å²) < 4.78 is 5.05. The van der Waals surface area contributed by atoms with Crippen LogP contribution in [0.25, 0.3) is 10.9 Å². The Labute approximate surface area is 91.0 Å². The number of aromatic amines is 1. The fraction of sp³-hybridized carbons (Fsp3) is 0.0909. The maximum absolute atomic E-state index is 11.5. The van der Waals surface area contributed by atoms with Gasteiger partial charge in [0.05, 0.1) is 24.4 Å². The Morgan fingerprint density at radius 1 is 1.44 bits per heavy atom. The summed E-state index contributed by atoms with van der Waals surface area (Å²) in [5.41, 5.74) is 0.679. The third-order valence-corrected chi connectivity index (χ3v) is 2.28. The van der Waals surface area contributed by atoms with E-state index in [1.807, 2.05) is 6.07 Å². The summed E-state index contributed by atoms with van der Waals surface area (Å²) in [4.78, 5) is 14.2. The standard InChI is InChI=1S/C11H10N2O3/c1-16-9-3-2-7-4-8(6-12-15)11(14)13-10(7)5-9/h2-6,15H,1H3,(H,13,14)/b12-6-. The zero-order valence-corrected chi connectivity index (χ0v) is 8.60. The molecule has 0 fully saturated rings. The van der Waals surface area contributed by atoms with Crippen molar-refractivity contribution in [2.45, 2.75) is 0 Å². The quantitative estimate of drug-likeness (QED) is 0.454. The van der Waals surface area contributed by atoms with E-state index < -0.39 is 0 Å². The first-order valence-corrected chi connectivity index (χ1v) is 4.63. The van der Waals surface area contributed by atoms with Crippen LogP contribution in [0.5, 0.6) is 5.75 Å². The highest BCUT2D eigenvalue weighted by Crippen LogP contribution is 2.17. The molecule has 5 heteroatoms. The molecule has 1 aromatic heterocycles. The van der Waals surface area contributed by atoms with Crippen LogP contribution in [-0.2, 0) is 0 Å². The third-order valence-electron chi connectivity index (χ3n) is 2.28. The van der Waals surface area contributed by atoms with E-state index in [2.05, 4.69) is 10.1 Å². The molecule has 0 spiro atoms. The molecule has 2 rings (SSSR count). The van der Waals surface area contributed by atoms with E-state index in [0.29, 0.717) is 16.8 Å². The van der Waals surface area contributed by atoms with Crippen molar-refractivity contribution in [2.24, 2.45) is 5.16 Å². The van der Waals surface area contributed by atoms with E-state index in [4.69, 9.17) is 9.94 Å². The highest BCUT2D eigenvalue weighted by atomic mass is 16.5. The summed E-state index contributed by atoms with van der Waals surface area (Å²) in [6.07, 6.45) is 1.10. The van der Waals surface area contributed by atoms with Gasteiger partial charge in [-0.25, -0.2) is 0 Å². The van der Waals surface area contributed by atoms with Crippen LogP contribution in [0.15, 0.2) is 34.2 Å². The van der Waals surface area contributed by atoms with E-state index >= 15 is 0 Å². The van der Waals surface area contributed by atoms with Gasteiger partial charge in [-0.05, 0) is 23.6 Å². The van der Waals surface area contributed by atoms with Crippen molar-refractivity contribution >= 4 is 17.1 Å². The van der Waals surface area contributed by atoms with E-state index in [-0.39, 0.29) is 5.56 Å². The maximum atomic E-state index is 11.5. The molecule has 0 radical (unpaired) electrons. The number of hydrogen-bond donors (Lipinski definition) is 2. The predicted octanol–water partition coefficient (Wildman–Crippen LogP) is 1.34. The van der Waals surface area contributed by atoms with E-state index in [9.17, 15) is 4.79 Å². The Morgan fingerprint density at radius 3 is 2.94 bits per heavy atom. The molecule has 0 aliphatic heterocycles. The maximum Gasteiger partial charge on any atom is 0.257 e. The number of hydrogen-bond acceptors (Lipinski definition) is 4. The molecule has 2 aromatic rings. The summed E-state index contributed by atoms with van der Waals surface area (Å²) in [6.45, 7) is 0. The molecule has 1 heterocycles. The van der Waals surface area contributed by atoms with E-state index in [1.54, 1.807) is 25.3 Å². The van der Waals surface area contributed by atoms with Crippen LogP contribution in [0.1, 0.15) is 5.56 Å². The molecule has 1 aromatic carbocycles. The topological polar surface area (TPSA) is 74.7 Å². The summed E-state index contributed by atoms with van der Waals surface area (Å²) in [5.74, 6) is 0.673. The number of methoxy groups -OCH3 is 1. The summed E-state index contributed by atoms with van der Waals surface area (Å²) >= 11 is 0. The molecule has 0 aliphatic carbocycles. The van der Waals surface area contributed by atoms with Crippen LogP contribution in [0.2, 0.25) is 0 Å². The fourth-order valence-corrected chi connectivity index (χ4v) is 1.48. The lowest BCUT2D eigenvalue weighted by atomic mass is 10.1. The predicted molar refractivity (Wildman–Crippen MR) is 60.5 cm³/mol. The zero-order chi connectivity index (χ0) is 11.5. The zero-order valence-electron chi connectivity index (χ0n) is 8.60. The molecular weight excluding hydrogens is 208 g/mol.